The maximum absolute atomic E-state index is 15.3. The first-order valence-electron chi connectivity index (χ1n) is 13.4. The molecule has 0 unspecified atom stereocenters. The number of amides is 1. The maximum Gasteiger partial charge on any atom is 0.414 e. The Morgan fingerprint density at radius 1 is 1.11 bits per heavy atom. The van der Waals surface area contributed by atoms with Gasteiger partial charge in [-0.25, -0.2) is 27.0 Å². The van der Waals surface area contributed by atoms with E-state index in [0.717, 1.165) is 10.7 Å². The summed E-state index contributed by atoms with van der Waals surface area (Å²) >= 11 is 0. The van der Waals surface area contributed by atoms with Crippen molar-refractivity contribution in [2.24, 2.45) is 0 Å². The highest BCUT2D eigenvalue weighted by atomic mass is 19.3. The highest BCUT2D eigenvalue weighted by Crippen LogP contribution is 2.39. The number of cyclic esters (lactones) is 1. The second-order valence-electron chi connectivity index (χ2n) is 10.1. The number of ketones is 1. The zero-order valence-corrected chi connectivity index (χ0v) is 23.2. The lowest BCUT2D eigenvalue weighted by molar-refractivity contribution is 0.0821. The number of para-hydroxylation sites is 1. The minimum Gasteiger partial charge on any atom is -0.485 e. The molecule has 1 aliphatic heterocycles. The van der Waals surface area contributed by atoms with Crippen molar-refractivity contribution in [1.82, 2.24) is 9.78 Å². The molecule has 44 heavy (non-hydrogen) atoms. The first kappa shape index (κ1) is 28.8. The summed E-state index contributed by atoms with van der Waals surface area (Å²) in [5.74, 6) is -1.92. The topological polar surface area (TPSA) is 109 Å². The maximum atomic E-state index is 15.3. The number of Topliss-reactive ketones (excluding diaryl/α,β-unsaturated/α-hetero) is 1. The van der Waals surface area contributed by atoms with E-state index in [-0.39, 0.29) is 59.6 Å². The minimum absolute atomic E-state index is 0.0194. The number of nitrogens with zero attached hydrogens (tertiary/aromatic N) is 3. The van der Waals surface area contributed by atoms with Crippen LogP contribution in [0.4, 0.5) is 33.9 Å². The number of alkyl halides is 2. The first-order valence-corrected chi connectivity index (χ1v) is 13.4. The molecule has 1 amide bonds. The summed E-state index contributed by atoms with van der Waals surface area (Å²) < 4.78 is 72.1. The van der Waals surface area contributed by atoms with E-state index in [4.69, 9.17) is 19.9 Å². The number of benzene rings is 3. The number of anilines is 2. The monoisotopic (exact) mass is 608 g/mol. The predicted molar refractivity (Wildman–Crippen MR) is 152 cm³/mol. The summed E-state index contributed by atoms with van der Waals surface area (Å²) in [6, 6.07) is 11.4. The lowest BCUT2D eigenvalue weighted by Gasteiger charge is -2.19. The Balaban J connectivity index is 1.27. The van der Waals surface area contributed by atoms with Crippen LogP contribution in [-0.2, 0) is 11.2 Å². The van der Waals surface area contributed by atoms with Crippen LogP contribution >= 0.6 is 0 Å². The molecule has 1 fully saturated rings. The summed E-state index contributed by atoms with van der Waals surface area (Å²) in [4.78, 5) is 27.1. The van der Waals surface area contributed by atoms with Crippen LogP contribution in [0.1, 0.15) is 27.0 Å². The van der Waals surface area contributed by atoms with Crippen molar-refractivity contribution < 1.29 is 41.4 Å². The molecule has 2 aliphatic rings. The molecule has 3 aromatic carbocycles. The van der Waals surface area contributed by atoms with Gasteiger partial charge in [0.25, 0.3) is 6.43 Å². The fraction of sp³-hybridized carbons (Fsp3) is 0.194. The second-order valence-corrected chi connectivity index (χ2v) is 10.1. The number of ether oxygens (including phenoxy) is 3. The summed E-state index contributed by atoms with van der Waals surface area (Å²) in [5.41, 5.74) is 8.45. The number of aryl methyl sites for hydroxylation is 1. The average molecular weight is 609 g/mol. The van der Waals surface area contributed by atoms with Crippen molar-refractivity contribution >= 4 is 29.5 Å². The average Bonchev–Trinajstić information content (AvgIpc) is 3.70. The minimum atomic E-state index is -2.74. The molecule has 1 aliphatic carbocycles. The van der Waals surface area contributed by atoms with E-state index < -0.39 is 36.5 Å². The van der Waals surface area contributed by atoms with Crippen LogP contribution < -0.4 is 20.1 Å². The van der Waals surface area contributed by atoms with Crippen molar-refractivity contribution in [3.05, 3.63) is 94.2 Å². The summed E-state index contributed by atoms with van der Waals surface area (Å²) in [6.45, 7) is 1.06. The van der Waals surface area contributed by atoms with Crippen molar-refractivity contribution in [2.45, 2.75) is 19.8 Å². The van der Waals surface area contributed by atoms with E-state index in [1.807, 2.05) is 0 Å². The fourth-order valence-corrected chi connectivity index (χ4v) is 5.17. The molecular formula is C31H24F4N4O5. The summed E-state index contributed by atoms with van der Waals surface area (Å²) in [5, 5.41) is 4.16. The van der Waals surface area contributed by atoms with Gasteiger partial charge in [-0.2, -0.15) is 5.10 Å². The van der Waals surface area contributed by atoms with Crippen LogP contribution in [0.15, 0.2) is 60.3 Å². The van der Waals surface area contributed by atoms with Gasteiger partial charge in [-0.15, -0.1) is 0 Å². The largest absolute Gasteiger partial charge is 0.485 e. The van der Waals surface area contributed by atoms with E-state index in [0.29, 0.717) is 22.3 Å². The van der Waals surface area contributed by atoms with E-state index >= 15 is 4.39 Å². The quantitative estimate of drug-likeness (QED) is 0.177. The molecule has 2 heterocycles. The Morgan fingerprint density at radius 3 is 2.61 bits per heavy atom. The van der Waals surface area contributed by atoms with E-state index in [9.17, 15) is 22.8 Å². The number of carbonyl (C=O) groups is 2. The zero-order chi connectivity index (χ0) is 31.1. The third-order valence-corrected chi connectivity index (χ3v) is 7.19. The van der Waals surface area contributed by atoms with Crippen LogP contribution in [0.5, 0.6) is 17.2 Å². The molecular weight excluding hydrogens is 584 g/mol. The number of halogens is 4. The van der Waals surface area contributed by atoms with Gasteiger partial charge in [-0.05, 0) is 60.0 Å². The van der Waals surface area contributed by atoms with Gasteiger partial charge < -0.3 is 19.9 Å². The van der Waals surface area contributed by atoms with Gasteiger partial charge in [-0.1, -0.05) is 12.1 Å². The van der Waals surface area contributed by atoms with Crippen molar-refractivity contribution in [1.29, 1.82) is 0 Å². The lowest BCUT2D eigenvalue weighted by atomic mass is 10.0. The van der Waals surface area contributed by atoms with E-state index in [1.165, 1.54) is 41.4 Å². The summed E-state index contributed by atoms with van der Waals surface area (Å²) in [6.07, 6.45) is -0.413. The molecule has 226 valence electrons. The molecule has 4 aromatic rings. The summed E-state index contributed by atoms with van der Waals surface area (Å²) in [7, 11) is 0. The Kier molecular flexibility index (Phi) is 7.45. The molecule has 6 rings (SSSR count). The highest BCUT2D eigenvalue weighted by molar-refractivity contribution is 6.15. The van der Waals surface area contributed by atoms with Crippen LogP contribution in [0.3, 0.4) is 0 Å². The molecule has 0 bridgehead atoms. The van der Waals surface area contributed by atoms with Gasteiger partial charge in [0.1, 0.15) is 36.2 Å². The van der Waals surface area contributed by atoms with E-state index in [1.54, 1.807) is 25.1 Å². The van der Waals surface area contributed by atoms with E-state index in [2.05, 4.69) is 5.10 Å². The molecule has 9 nitrogen and oxygen atoms in total. The van der Waals surface area contributed by atoms with Gasteiger partial charge >= 0.3 is 6.09 Å². The molecule has 0 atom stereocenters. The normalized spacial score (nSPS) is 14.1. The number of hydrogen-bond donors (Lipinski definition) is 1. The standard InChI is InChI=1S/C31H24F4N4O5/c1-16-8-20(44-25-5-3-2-4-22(25)32)13-23(33)28(16)39-30(36)21(14-37-39)29(40)19-9-17-11-24(38-6-7-42-31(38)41)26(12-18(17)10-19)43-15-27(34)35/h2-5,8,10-14,27H,6-7,9,15,36H2,1H3. The van der Waals surface area contributed by atoms with Gasteiger partial charge in [0, 0.05) is 18.1 Å². The van der Waals surface area contributed by atoms with Crippen LogP contribution in [0, 0.1) is 18.6 Å². The third-order valence-electron chi connectivity index (χ3n) is 7.19. The Morgan fingerprint density at radius 2 is 1.91 bits per heavy atom. The molecule has 2 N–H and O–H groups in total. The number of aromatic nitrogens is 2. The molecule has 0 radical (unpaired) electrons. The number of carbonyl (C=O) groups excluding carboxylic acids is 2. The third kappa shape index (κ3) is 5.32. The van der Waals surface area contributed by atoms with Gasteiger partial charge in [-0.3, -0.25) is 9.69 Å². The van der Waals surface area contributed by atoms with Crippen LogP contribution in [-0.4, -0.2) is 47.8 Å². The molecule has 1 aromatic heterocycles. The second kappa shape index (κ2) is 11.4. The number of fused-ring (bicyclic) bond motifs is 1. The Labute approximate surface area is 248 Å². The number of rotatable bonds is 9. The predicted octanol–water partition coefficient (Wildman–Crippen LogP) is 6.26. The number of nitrogen functional groups attached to an aromatic ring is 1. The highest BCUT2D eigenvalue weighted by Gasteiger charge is 2.31. The lowest BCUT2D eigenvalue weighted by Crippen LogP contribution is -2.24. The van der Waals surface area contributed by atoms with Crippen LogP contribution in [0.2, 0.25) is 0 Å². The molecule has 1 saturated heterocycles. The Bertz CT molecular complexity index is 1810. The molecule has 13 heteroatoms. The van der Waals surface area contributed by atoms with Gasteiger partial charge in [0.2, 0.25) is 0 Å². The first-order chi connectivity index (χ1) is 21.1. The molecule has 0 spiro atoms. The van der Waals surface area contributed by atoms with Crippen LogP contribution in [0.25, 0.3) is 11.8 Å². The Hall–Kier alpha value is -5.33. The number of hydrogen-bond acceptors (Lipinski definition) is 7. The van der Waals surface area contributed by atoms with Crippen molar-refractivity contribution in [3.8, 4) is 22.9 Å². The van der Waals surface area contributed by atoms with Crippen molar-refractivity contribution in [2.75, 3.05) is 30.4 Å². The zero-order valence-electron chi connectivity index (χ0n) is 23.2. The van der Waals surface area contributed by atoms with Crippen molar-refractivity contribution in [3.63, 3.8) is 0 Å². The fourth-order valence-electron chi connectivity index (χ4n) is 5.17. The molecule has 0 saturated carbocycles. The van der Waals surface area contributed by atoms with Gasteiger partial charge in [0.15, 0.2) is 23.2 Å². The number of nitrogens with two attached hydrogens (primary N) is 1. The van der Waals surface area contributed by atoms with Gasteiger partial charge in [0.05, 0.1) is 24.0 Å². The smallest absolute Gasteiger partial charge is 0.414 e. The number of allylic oxidation sites excluding steroid dienone is 1. The SMILES string of the molecule is Cc1cc(Oc2ccccc2F)cc(F)c1-n1ncc(C(=O)C2=Cc3cc(OCC(F)F)c(N4CCOC4=O)cc3C2)c1N.